The maximum Gasteiger partial charge on any atom is 0.410 e. The van der Waals surface area contributed by atoms with Crippen molar-refractivity contribution in [2.24, 2.45) is 11.3 Å². The number of halogens is 2. The van der Waals surface area contributed by atoms with Crippen molar-refractivity contribution in [3.05, 3.63) is 71.3 Å². The van der Waals surface area contributed by atoms with Gasteiger partial charge in [-0.2, -0.15) is 0 Å². The summed E-state index contributed by atoms with van der Waals surface area (Å²) in [6, 6.07) is 15.3. The molecule has 1 saturated heterocycles. The van der Waals surface area contributed by atoms with Gasteiger partial charge in [0.2, 0.25) is 0 Å². The molecule has 0 aromatic heterocycles. The highest BCUT2D eigenvalue weighted by Gasteiger charge is 2.59. The number of alkyl halides is 2. The molecule has 0 radical (unpaired) electrons. The average molecular weight is 442 g/mol. The molecule has 3 amide bonds. The van der Waals surface area contributed by atoms with Crippen LogP contribution in [-0.2, 0) is 11.3 Å². The molecule has 2 aliphatic rings. The summed E-state index contributed by atoms with van der Waals surface area (Å²) in [5, 5.41) is 0. The predicted molar refractivity (Wildman–Crippen MR) is 112 cm³/mol. The van der Waals surface area contributed by atoms with E-state index in [9.17, 15) is 14.4 Å². The van der Waals surface area contributed by atoms with Crippen LogP contribution in [0.5, 0.6) is 0 Å². The van der Waals surface area contributed by atoms with Crippen molar-refractivity contribution in [2.75, 3.05) is 19.6 Å². The molecule has 0 aliphatic carbocycles. The highest BCUT2D eigenvalue weighted by molar-refractivity contribution is 6.21. The average Bonchev–Trinajstić information content (AvgIpc) is 3.01. The largest absolute Gasteiger partial charge is 0.445 e. The number of ether oxygens (including phenoxy) is 1. The Balaban J connectivity index is 1.51. The van der Waals surface area contributed by atoms with E-state index in [1.807, 2.05) is 18.2 Å². The molecule has 4 rings (SSSR count). The molecule has 1 unspecified atom stereocenters. The lowest BCUT2D eigenvalue weighted by Crippen LogP contribution is -2.62. The zero-order valence-electron chi connectivity index (χ0n) is 17.9. The summed E-state index contributed by atoms with van der Waals surface area (Å²) in [7, 11) is 0. The minimum Gasteiger partial charge on any atom is -0.445 e. The van der Waals surface area contributed by atoms with Gasteiger partial charge >= 0.3 is 6.09 Å². The summed E-state index contributed by atoms with van der Waals surface area (Å²) in [5.41, 5.74) is -0.379. The van der Waals surface area contributed by atoms with Gasteiger partial charge in [-0.1, -0.05) is 56.3 Å². The summed E-state index contributed by atoms with van der Waals surface area (Å²) >= 11 is 0. The molecule has 8 heteroatoms. The highest BCUT2D eigenvalue weighted by atomic mass is 19.3. The zero-order valence-corrected chi connectivity index (χ0v) is 17.9. The molecule has 1 atom stereocenters. The van der Waals surface area contributed by atoms with Gasteiger partial charge in [-0.25, -0.2) is 13.6 Å². The molecule has 0 saturated carbocycles. The van der Waals surface area contributed by atoms with Gasteiger partial charge in [0.15, 0.2) is 0 Å². The third kappa shape index (κ3) is 3.74. The van der Waals surface area contributed by atoms with E-state index in [1.54, 1.807) is 24.3 Å². The summed E-state index contributed by atoms with van der Waals surface area (Å²) in [6.07, 6.45) is -0.704. The normalized spacial score (nSPS) is 21.4. The van der Waals surface area contributed by atoms with Gasteiger partial charge in [0.05, 0.1) is 17.0 Å². The van der Waals surface area contributed by atoms with Crippen molar-refractivity contribution in [3.63, 3.8) is 0 Å². The van der Waals surface area contributed by atoms with E-state index >= 15 is 8.78 Å². The summed E-state index contributed by atoms with van der Waals surface area (Å²) in [6.45, 7) is 1.77. The topological polar surface area (TPSA) is 66.9 Å². The van der Waals surface area contributed by atoms with E-state index in [0.717, 1.165) is 10.5 Å². The maximum atomic E-state index is 15.3. The number of amides is 3. The van der Waals surface area contributed by atoms with Gasteiger partial charge in [-0.3, -0.25) is 14.5 Å². The van der Waals surface area contributed by atoms with Crippen LogP contribution in [0.1, 0.15) is 40.1 Å². The van der Waals surface area contributed by atoms with E-state index in [2.05, 4.69) is 0 Å². The van der Waals surface area contributed by atoms with Crippen molar-refractivity contribution in [3.8, 4) is 0 Å². The number of rotatable bonds is 4. The first-order valence-electron chi connectivity index (χ1n) is 10.4. The molecular formula is C24H24F2N2O4. The molecule has 168 valence electrons. The number of fused-ring (bicyclic) bond motifs is 1. The number of piperidine rings is 1. The first-order chi connectivity index (χ1) is 15.1. The van der Waals surface area contributed by atoms with Gasteiger partial charge in [-0.05, 0) is 17.7 Å². The molecule has 32 heavy (non-hydrogen) atoms. The molecule has 0 N–H and O–H groups in total. The SMILES string of the molecule is CC1(C)CN(C(=O)OCc2ccccc2)CC(CN2C(=O)c3ccccc3C2=O)C1(F)F. The van der Waals surface area contributed by atoms with Crippen molar-refractivity contribution in [1.82, 2.24) is 9.80 Å². The molecule has 2 aromatic carbocycles. The van der Waals surface area contributed by atoms with Crippen LogP contribution < -0.4 is 0 Å². The Morgan fingerprint density at radius 2 is 1.56 bits per heavy atom. The number of imide groups is 1. The number of carbonyl (C=O) groups excluding carboxylic acids is 3. The van der Waals surface area contributed by atoms with Crippen LogP contribution >= 0.6 is 0 Å². The van der Waals surface area contributed by atoms with E-state index in [0.29, 0.717) is 0 Å². The van der Waals surface area contributed by atoms with Gasteiger partial charge in [0.25, 0.3) is 17.7 Å². The highest BCUT2D eigenvalue weighted by Crippen LogP contribution is 2.47. The monoisotopic (exact) mass is 442 g/mol. The zero-order chi connectivity index (χ0) is 23.1. The predicted octanol–water partition coefficient (Wildman–Crippen LogP) is 4.21. The molecule has 2 aromatic rings. The van der Waals surface area contributed by atoms with Crippen molar-refractivity contribution >= 4 is 17.9 Å². The Morgan fingerprint density at radius 1 is 1.00 bits per heavy atom. The fraction of sp³-hybridized carbons (Fsp3) is 0.375. The first-order valence-corrected chi connectivity index (χ1v) is 10.4. The quantitative estimate of drug-likeness (QED) is 0.666. The summed E-state index contributed by atoms with van der Waals surface area (Å²) in [4.78, 5) is 40.1. The third-order valence-corrected chi connectivity index (χ3v) is 6.19. The second-order valence-electron chi connectivity index (χ2n) is 8.89. The Kier molecular flexibility index (Phi) is 5.48. The van der Waals surface area contributed by atoms with Crippen molar-refractivity contribution < 1.29 is 27.9 Å². The number of benzene rings is 2. The van der Waals surface area contributed by atoms with E-state index in [-0.39, 0.29) is 30.8 Å². The molecular weight excluding hydrogens is 418 g/mol. The maximum absolute atomic E-state index is 15.3. The first kappa shape index (κ1) is 21.9. The van der Waals surface area contributed by atoms with Crippen LogP contribution in [0.25, 0.3) is 0 Å². The lowest BCUT2D eigenvalue weighted by Gasteiger charge is -2.48. The molecule has 0 bridgehead atoms. The van der Waals surface area contributed by atoms with Crippen molar-refractivity contribution in [1.29, 1.82) is 0 Å². The second kappa shape index (κ2) is 8.00. The van der Waals surface area contributed by atoms with Gasteiger partial charge in [-0.15, -0.1) is 0 Å². The lowest BCUT2D eigenvalue weighted by atomic mass is 9.74. The van der Waals surface area contributed by atoms with E-state index < -0.39 is 41.7 Å². The van der Waals surface area contributed by atoms with Crippen LogP contribution in [0.3, 0.4) is 0 Å². The number of hydrogen-bond acceptors (Lipinski definition) is 4. The summed E-state index contributed by atoms with van der Waals surface area (Å²) in [5.74, 6) is -5.82. The number of nitrogens with zero attached hydrogens (tertiary/aromatic N) is 2. The molecule has 0 spiro atoms. The standard InChI is InChI=1S/C24H24F2N2O4/c1-23(2)15-27(22(31)32-14-16-8-4-3-5-9-16)12-17(24(23,25)26)13-28-20(29)18-10-6-7-11-19(18)21(28)30/h3-11,17H,12-15H2,1-2H3. The Hall–Kier alpha value is -3.29. The second-order valence-corrected chi connectivity index (χ2v) is 8.89. The minimum absolute atomic E-state index is 0.0239. The number of carbonyl (C=O) groups is 3. The number of likely N-dealkylation sites (tertiary alicyclic amines) is 1. The lowest BCUT2D eigenvalue weighted by molar-refractivity contribution is -0.187. The third-order valence-electron chi connectivity index (χ3n) is 6.19. The van der Waals surface area contributed by atoms with Gasteiger partial charge in [0, 0.05) is 25.0 Å². The van der Waals surface area contributed by atoms with Gasteiger partial charge in [0.1, 0.15) is 6.61 Å². The Morgan fingerprint density at radius 3 is 2.16 bits per heavy atom. The van der Waals surface area contributed by atoms with E-state index in [1.165, 1.54) is 30.9 Å². The Labute approximate surface area is 184 Å². The smallest absolute Gasteiger partial charge is 0.410 e. The van der Waals surface area contributed by atoms with Gasteiger partial charge < -0.3 is 9.64 Å². The van der Waals surface area contributed by atoms with Crippen LogP contribution in [0.2, 0.25) is 0 Å². The van der Waals surface area contributed by atoms with Crippen LogP contribution in [-0.4, -0.2) is 53.3 Å². The summed E-state index contributed by atoms with van der Waals surface area (Å²) < 4.78 is 36.0. The molecule has 2 heterocycles. The number of hydrogen-bond donors (Lipinski definition) is 0. The fourth-order valence-corrected chi connectivity index (χ4v) is 4.33. The molecule has 2 aliphatic heterocycles. The van der Waals surface area contributed by atoms with Crippen molar-refractivity contribution in [2.45, 2.75) is 26.4 Å². The van der Waals surface area contributed by atoms with Crippen LogP contribution in [0.15, 0.2) is 54.6 Å². The van der Waals surface area contributed by atoms with E-state index in [4.69, 9.17) is 4.74 Å². The molecule has 1 fully saturated rings. The fourth-order valence-electron chi connectivity index (χ4n) is 4.33. The Bertz CT molecular complexity index is 1020. The minimum atomic E-state index is -3.21. The van der Waals surface area contributed by atoms with Crippen LogP contribution in [0.4, 0.5) is 13.6 Å². The van der Waals surface area contributed by atoms with Crippen LogP contribution in [0, 0.1) is 11.3 Å². The molecule has 6 nitrogen and oxygen atoms in total.